The Kier molecular flexibility index (Phi) is 2.93. The molecule has 3 heterocycles. The number of nitro groups is 1. The normalized spacial score (nSPS) is 26.5. The topological polar surface area (TPSA) is 76.2 Å². The first-order valence-electron chi connectivity index (χ1n) is 6.74. The highest BCUT2D eigenvalue weighted by Gasteiger charge is 2.39. The van der Waals surface area contributed by atoms with Crippen LogP contribution in [-0.4, -0.2) is 40.4 Å². The van der Waals surface area contributed by atoms with E-state index in [-0.39, 0.29) is 10.6 Å². The first kappa shape index (κ1) is 12.4. The summed E-state index contributed by atoms with van der Waals surface area (Å²) in [4.78, 5) is 13.0. The van der Waals surface area contributed by atoms with Crippen molar-refractivity contribution >= 4 is 11.5 Å². The molecule has 0 aliphatic carbocycles. The zero-order valence-electron chi connectivity index (χ0n) is 11.3. The Hall–Kier alpha value is -1.63. The molecular formula is C12H19N5O2. The Labute approximate surface area is 111 Å². The van der Waals surface area contributed by atoms with Crippen LogP contribution in [0.4, 0.5) is 11.5 Å². The number of nitrogens with zero attached hydrogens (tertiary/aromatic N) is 4. The van der Waals surface area contributed by atoms with Crippen LogP contribution in [-0.2, 0) is 7.05 Å². The summed E-state index contributed by atoms with van der Waals surface area (Å²) in [5, 5.41) is 19.0. The number of hydrogen-bond donors (Lipinski definition) is 1. The summed E-state index contributed by atoms with van der Waals surface area (Å²) in [5.41, 5.74) is 0.645. The van der Waals surface area contributed by atoms with E-state index in [9.17, 15) is 10.1 Å². The number of piperidine rings is 1. The molecule has 19 heavy (non-hydrogen) atoms. The van der Waals surface area contributed by atoms with Crippen molar-refractivity contribution in [2.24, 2.45) is 13.0 Å². The first-order chi connectivity index (χ1) is 9.08. The van der Waals surface area contributed by atoms with Gasteiger partial charge >= 0.3 is 5.69 Å². The fourth-order valence-electron chi connectivity index (χ4n) is 3.42. The van der Waals surface area contributed by atoms with Crippen molar-refractivity contribution in [3.63, 3.8) is 0 Å². The van der Waals surface area contributed by atoms with Crippen LogP contribution < -0.4 is 10.2 Å². The number of aryl methyl sites for hydroxylation is 2. The molecule has 0 aromatic carbocycles. The molecule has 0 bridgehead atoms. The fourth-order valence-corrected chi connectivity index (χ4v) is 3.42. The maximum atomic E-state index is 11.2. The summed E-state index contributed by atoms with van der Waals surface area (Å²) < 4.78 is 1.64. The molecule has 0 spiro atoms. The molecule has 2 atom stereocenters. The number of nitrogens with one attached hydrogen (secondary N) is 1. The summed E-state index contributed by atoms with van der Waals surface area (Å²) in [7, 11) is 1.78. The quantitative estimate of drug-likeness (QED) is 0.633. The van der Waals surface area contributed by atoms with E-state index >= 15 is 0 Å². The molecule has 0 saturated carbocycles. The van der Waals surface area contributed by atoms with E-state index in [4.69, 9.17) is 0 Å². The van der Waals surface area contributed by atoms with Crippen LogP contribution in [0.5, 0.6) is 0 Å². The van der Waals surface area contributed by atoms with Crippen LogP contribution in [0.15, 0.2) is 0 Å². The number of rotatable bonds is 2. The molecule has 104 valence electrons. The Morgan fingerprint density at radius 2 is 2.26 bits per heavy atom. The minimum Gasteiger partial charge on any atom is -0.349 e. The summed E-state index contributed by atoms with van der Waals surface area (Å²) in [6, 6.07) is 0.462. The summed E-state index contributed by atoms with van der Waals surface area (Å²) >= 11 is 0. The number of aromatic nitrogens is 2. The molecule has 2 saturated heterocycles. The Morgan fingerprint density at radius 1 is 1.47 bits per heavy atom. The molecule has 1 aromatic heterocycles. The van der Waals surface area contributed by atoms with Gasteiger partial charge in [-0.15, -0.1) is 0 Å². The van der Waals surface area contributed by atoms with Crippen LogP contribution in [0.1, 0.15) is 18.5 Å². The SMILES string of the molecule is Cc1nn(C)c(N2CC3CCCNC3C2)c1[N+](=O)[O-]. The molecule has 1 aromatic rings. The van der Waals surface area contributed by atoms with E-state index in [2.05, 4.69) is 15.3 Å². The highest BCUT2D eigenvalue weighted by atomic mass is 16.6. The summed E-state index contributed by atoms with van der Waals surface area (Å²) in [6.07, 6.45) is 2.40. The van der Waals surface area contributed by atoms with Gasteiger partial charge in [-0.25, -0.2) is 4.68 Å². The third kappa shape index (κ3) is 1.98. The molecule has 2 unspecified atom stereocenters. The molecule has 7 nitrogen and oxygen atoms in total. The molecule has 0 amide bonds. The Balaban J connectivity index is 1.93. The van der Waals surface area contributed by atoms with Gasteiger partial charge in [0.15, 0.2) is 0 Å². The lowest BCUT2D eigenvalue weighted by Gasteiger charge is -2.24. The van der Waals surface area contributed by atoms with Gasteiger partial charge in [0.25, 0.3) is 0 Å². The standard InChI is InChI=1S/C12H19N5O2/c1-8-11(17(18)19)12(15(2)14-8)16-6-9-4-3-5-13-10(9)7-16/h9-10,13H,3-7H2,1-2H3. The lowest BCUT2D eigenvalue weighted by molar-refractivity contribution is -0.384. The van der Waals surface area contributed by atoms with Gasteiger partial charge in [0.1, 0.15) is 5.69 Å². The average molecular weight is 265 g/mol. The molecule has 3 rings (SSSR count). The highest BCUT2D eigenvalue weighted by Crippen LogP contribution is 2.35. The van der Waals surface area contributed by atoms with Crippen molar-refractivity contribution < 1.29 is 4.92 Å². The molecule has 2 aliphatic rings. The van der Waals surface area contributed by atoms with Crippen molar-refractivity contribution in [2.45, 2.75) is 25.8 Å². The third-order valence-electron chi connectivity index (χ3n) is 4.24. The lowest BCUT2D eigenvalue weighted by Crippen LogP contribution is -2.40. The molecule has 0 radical (unpaired) electrons. The van der Waals surface area contributed by atoms with Crippen LogP contribution in [0.25, 0.3) is 0 Å². The van der Waals surface area contributed by atoms with Gasteiger partial charge in [0, 0.05) is 26.2 Å². The van der Waals surface area contributed by atoms with Crippen molar-refractivity contribution in [1.29, 1.82) is 0 Å². The molecule has 2 fully saturated rings. The van der Waals surface area contributed by atoms with Crippen molar-refractivity contribution in [2.75, 3.05) is 24.5 Å². The number of fused-ring (bicyclic) bond motifs is 1. The molecule has 2 aliphatic heterocycles. The lowest BCUT2D eigenvalue weighted by atomic mass is 9.94. The molecule has 1 N–H and O–H groups in total. The van der Waals surface area contributed by atoms with E-state index in [0.717, 1.165) is 19.6 Å². The summed E-state index contributed by atoms with van der Waals surface area (Å²) in [5.74, 6) is 1.25. The van der Waals surface area contributed by atoms with Crippen LogP contribution in [0.2, 0.25) is 0 Å². The van der Waals surface area contributed by atoms with E-state index in [0.29, 0.717) is 23.5 Å². The van der Waals surface area contributed by atoms with Gasteiger partial charge in [-0.2, -0.15) is 5.10 Å². The fraction of sp³-hybridized carbons (Fsp3) is 0.750. The van der Waals surface area contributed by atoms with E-state index in [1.165, 1.54) is 12.8 Å². The van der Waals surface area contributed by atoms with Crippen LogP contribution in [0, 0.1) is 23.0 Å². The predicted octanol–water partition coefficient (Wildman–Crippen LogP) is 0.825. The third-order valence-corrected chi connectivity index (χ3v) is 4.24. The zero-order chi connectivity index (χ0) is 13.6. The predicted molar refractivity (Wildman–Crippen MR) is 71.3 cm³/mol. The van der Waals surface area contributed by atoms with Gasteiger partial charge in [0.05, 0.1) is 4.92 Å². The van der Waals surface area contributed by atoms with Crippen molar-refractivity contribution in [3.8, 4) is 0 Å². The minimum atomic E-state index is -0.312. The van der Waals surface area contributed by atoms with E-state index in [1.54, 1.807) is 18.7 Å². The zero-order valence-corrected chi connectivity index (χ0v) is 11.3. The molecular weight excluding hydrogens is 246 g/mol. The second-order valence-electron chi connectivity index (χ2n) is 5.51. The van der Waals surface area contributed by atoms with E-state index in [1.807, 2.05) is 0 Å². The maximum absolute atomic E-state index is 11.2. The first-order valence-corrected chi connectivity index (χ1v) is 6.74. The number of hydrogen-bond acceptors (Lipinski definition) is 5. The second-order valence-corrected chi connectivity index (χ2v) is 5.51. The second kappa shape index (κ2) is 4.48. The van der Waals surface area contributed by atoms with Gasteiger partial charge in [0.2, 0.25) is 5.82 Å². The largest absolute Gasteiger partial charge is 0.349 e. The minimum absolute atomic E-state index is 0.154. The van der Waals surface area contributed by atoms with Crippen molar-refractivity contribution in [3.05, 3.63) is 15.8 Å². The van der Waals surface area contributed by atoms with Gasteiger partial charge < -0.3 is 10.2 Å². The van der Waals surface area contributed by atoms with Crippen LogP contribution in [0.3, 0.4) is 0 Å². The van der Waals surface area contributed by atoms with Gasteiger partial charge in [-0.05, 0) is 32.2 Å². The van der Waals surface area contributed by atoms with Crippen LogP contribution >= 0.6 is 0 Å². The van der Waals surface area contributed by atoms with Gasteiger partial charge in [-0.1, -0.05) is 0 Å². The highest BCUT2D eigenvalue weighted by molar-refractivity contribution is 5.62. The average Bonchev–Trinajstić information content (AvgIpc) is 2.88. The maximum Gasteiger partial charge on any atom is 0.333 e. The Morgan fingerprint density at radius 3 is 2.95 bits per heavy atom. The summed E-state index contributed by atoms with van der Waals surface area (Å²) in [6.45, 7) is 4.48. The van der Waals surface area contributed by atoms with Crippen molar-refractivity contribution in [1.82, 2.24) is 15.1 Å². The molecule has 7 heteroatoms. The Bertz CT molecular complexity index is 498. The smallest absolute Gasteiger partial charge is 0.333 e. The number of anilines is 1. The van der Waals surface area contributed by atoms with Gasteiger partial charge in [-0.3, -0.25) is 10.1 Å². The monoisotopic (exact) mass is 265 g/mol. The van der Waals surface area contributed by atoms with E-state index < -0.39 is 0 Å².